The molecule has 2 saturated heterocycles. The Balaban J connectivity index is 1.44. The van der Waals surface area contributed by atoms with Crippen LogP contribution < -0.4 is 10.6 Å². The van der Waals surface area contributed by atoms with E-state index in [0.29, 0.717) is 12.0 Å². The number of hydrogen-bond acceptors (Lipinski definition) is 3. The maximum absolute atomic E-state index is 12.2. The Morgan fingerprint density at radius 2 is 1.85 bits per heavy atom. The van der Waals surface area contributed by atoms with Gasteiger partial charge in [-0.2, -0.15) is 0 Å². The second kappa shape index (κ2) is 6.12. The summed E-state index contributed by atoms with van der Waals surface area (Å²) in [5.74, 6) is 0.729. The highest BCUT2D eigenvalue weighted by atomic mass is 16.2. The number of likely N-dealkylation sites (tertiary alicyclic amines) is 1. The van der Waals surface area contributed by atoms with Crippen LogP contribution in [0.15, 0.2) is 0 Å². The van der Waals surface area contributed by atoms with Crippen molar-refractivity contribution in [3.8, 4) is 0 Å². The van der Waals surface area contributed by atoms with Crippen LogP contribution in [0.4, 0.5) is 0 Å². The Labute approximate surface area is 120 Å². The van der Waals surface area contributed by atoms with Gasteiger partial charge in [-0.25, -0.2) is 0 Å². The zero-order valence-electron chi connectivity index (χ0n) is 12.1. The van der Waals surface area contributed by atoms with Gasteiger partial charge in [0.2, 0.25) is 11.8 Å². The quantitative estimate of drug-likeness (QED) is 0.797. The van der Waals surface area contributed by atoms with Crippen LogP contribution in [0.25, 0.3) is 0 Å². The Hall–Kier alpha value is -1.10. The second-order valence-electron chi connectivity index (χ2n) is 6.41. The SMILES string of the molecule is O=C(NCC(=O)N1CCCC1)C1CC2CCCCC2N1. The summed E-state index contributed by atoms with van der Waals surface area (Å²) in [5.41, 5.74) is 0. The van der Waals surface area contributed by atoms with Crippen LogP contribution in [0.1, 0.15) is 44.9 Å². The molecular weight excluding hydrogens is 254 g/mol. The molecule has 0 radical (unpaired) electrons. The first-order valence-corrected chi connectivity index (χ1v) is 8.05. The Bertz CT molecular complexity index is 365. The number of rotatable bonds is 3. The third-order valence-electron chi connectivity index (χ3n) is 5.05. The summed E-state index contributed by atoms with van der Waals surface area (Å²) >= 11 is 0. The molecule has 3 fully saturated rings. The van der Waals surface area contributed by atoms with Crippen LogP contribution in [0, 0.1) is 5.92 Å². The van der Waals surface area contributed by atoms with Crippen molar-refractivity contribution in [3.05, 3.63) is 0 Å². The van der Waals surface area contributed by atoms with E-state index in [1.165, 1.54) is 25.7 Å². The highest BCUT2D eigenvalue weighted by molar-refractivity contribution is 5.87. The van der Waals surface area contributed by atoms with Gasteiger partial charge in [-0.1, -0.05) is 12.8 Å². The molecule has 0 aromatic carbocycles. The number of carbonyl (C=O) groups excluding carboxylic acids is 2. The van der Waals surface area contributed by atoms with Crippen molar-refractivity contribution in [1.29, 1.82) is 0 Å². The summed E-state index contributed by atoms with van der Waals surface area (Å²) in [4.78, 5) is 25.9. The fourth-order valence-corrected chi connectivity index (χ4v) is 3.89. The highest BCUT2D eigenvalue weighted by Gasteiger charge is 2.38. The fourth-order valence-electron chi connectivity index (χ4n) is 3.89. The molecule has 5 heteroatoms. The lowest BCUT2D eigenvalue weighted by Gasteiger charge is -2.24. The number of nitrogens with zero attached hydrogens (tertiary/aromatic N) is 1. The summed E-state index contributed by atoms with van der Waals surface area (Å²) < 4.78 is 0. The molecule has 0 spiro atoms. The van der Waals surface area contributed by atoms with Crippen LogP contribution in [0.2, 0.25) is 0 Å². The molecule has 5 nitrogen and oxygen atoms in total. The molecule has 0 aromatic heterocycles. The lowest BCUT2D eigenvalue weighted by molar-refractivity contribution is -0.132. The van der Waals surface area contributed by atoms with Gasteiger partial charge < -0.3 is 15.5 Å². The highest BCUT2D eigenvalue weighted by Crippen LogP contribution is 2.33. The second-order valence-corrected chi connectivity index (χ2v) is 6.41. The average Bonchev–Trinajstić information content (AvgIpc) is 3.12. The minimum absolute atomic E-state index is 0.00643. The van der Waals surface area contributed by atoms with Crippen LogP contribution >= 0.6 is 0 Å². The van der Waals surface area contributed by atoms with Gasteiger partial charge >= 0.3 is 0 Å². The van der Waals surface area contributed by atoms with Gasteiger partial charge in [0, 0.05) is 19.1 Å². The molecule has 2 N–H and O–H groups in total. The van der Waals surface area contributed by atoms with E-state index in [1.807, 2.05) is 4.90 Å². The summed E-state index contributed by atoms with van der Waals surface area (Å²) in [6, 6.07) is 0.434. The maximum Gasteiger partial charge on any atom is 0.241 e. The summed E-state index contributed by atoms with van der Waals surface area (Å²) in [6.07, 6.45) is 8.13. The zero-order valence-corrected chi connectivity index (χ0v) is 12.1. The third kappa shape index (κ3) is 2.97. The van der Waals surface area contributed by atoms with Gasteiger partial charge in [-0.3, -0.25) is 9.59 Å². The lowest BCUT2D eigenvalue weighted by atomic mass is 9.85. The van der Waals surface area contributed by atoms with Gasteiger partial charge in [0.05, 0.1) is 12.6 Å². The lowest BCUT2D eigenvalue weighted by Crippen LogP contribution is -2.46. The van der Waals surface area contributed by atoms with Crippen molar-refractivity contribution in [1.82, 2.24) is 15.5 Å². The molecule has 2 heterocycles. The Morgan fingerprint density at radius 1 is 1.10 bits per heavy atom. The molecule has 3 rings (SSSR count). The van der Waals surface area contributed by atoms with E-state index in [0.717, 1.165) is 32.4 Å². The molecule has 112 valence electrons. The number of amides is 2. The van der Waals surface area contributed by atoms with Gasteiger partial charge in [0.25, 0.3) is 0 Å². The summed E-state index contributed by atoms with van der Waals surface area (Å²) in [6.45, 7) is 1.85. The monoisotopic (exact) mass is 279 g/mol. The molecule has 3 aliphatic rings. The van der Waals surface area contributed by atoms with Crippen LogP contribution in [-0.4, -0.2) is 48.4 Å². The van der Waals surface area contributed by atoms with E-state index < -0.39 is 0 Å². The Kier molecular flexibility index (Phi) is 4.24. The first-order valence-electron chi connectivity index (χ1n) is 8.05. The van der Waals surface area contributed by atoms with Crippen molar-refractivity contribution >= 4 is 11.8 Å². The number of carbonyl (C=O) groups is 2. The first-order chi connectivity index (χ1) is 9.74. The van der Waals surface area contributed by atoms with Crippen molar-refractivity contribution in [2.75, 3.05) is 19.6 Å². The molecule has 3 atom stereocenters. The van der Waals surface area contributed by atoms with Gasteiger partial charge in [0.1, 0.15) is 0 Å². The number of fused-ring (bicyclic) bond motifs is 1. The number of hydrogen-bond donors (Lipinski definition) is 2. The molecular formula is C15H25N3O2. The van der Waals surface area contributed by atoms with Crippen LogP contribution in [-0.2, 0) is 9.59 Å². The maximum atomic E-state index is 12.2. The minimum Gasteiger partial charge on any atom is -0.346 e. The molecule has 2 aliphatic heterocycles. The van der Waals surface area contributed by atoms with Gasteiger partial charge in [-0.15, -0.1) is 0 Å². The van der Waals surface area contributed by atoms with Crippen molar-refractivity contribution in [3.63, 3.8) is 0 Å². The topological polar surface area (TPSA) is 61.4 Å². The predicted octanol–water partition coefficient (Wildman–Crippen LogP) is 0.646. The molecule has 20 heavy (non-hydrogen) atoms. The number of nitrogens with one attached hydrogen (secondary N) is 2. The molecule has 1 saturated carbocycles. The van der Waals surface area contributed by atoms with E-state index in [-0.39, 0.29) is 24.4 Å². The molecule has 1 aliphatic carbocycles. The van der Waals surface area contributed by atoms with Crippen molar-refractivity contribution in [2.24, 2.45) is 5.92 Å². The molecule has 0 bridgehead atoms. The van der Waals surface area contributed by atoms with Gasteiger partial charge in [0.15, 0.2) is 0 Å². The molecule has 2 amide bonds. The smallest absolute Gasteiger partial charge is 0.241 e. The largest absolute Gasteiger partial charge is 0.346 e. The molecule has 0 aromatic rings. The Morgan fingerprint density at radius 3 is 2.60 bits per heavy atom. The normalized spacial score (nSPS) is 33.0. The summed E-state index contributed by atoms with van der Waals surface area (Å²) in [5, 5.41) is 6.27. The standard InChI is InChI=1S/C15H25N3O2/c19-14(18-7-3-4-8-18)10-16-15(20)13-9-11-5-1-2-6-12(11)17-13/h11-13,17H,1-10H2,(H,16,20). The van der Waals surface area contributed by atoms with Crippen molar-refractivity contribution in [2.45, 2.75) is 57.0 Å². The third-order valence-corrected chi connectivity index (χ3v) is 5.05. The van der Waals surface area contributed by atoms with E-state index >= 15 is 0 Å². The van der Waals surface area contributed by atoms with Crippen LogP contribution in [0.3, 0.4) is 0 Å². The first kappa shape index (κ1) is 13.9. The molecule has 3 unspecified atom stereocenters. The fraction of sp³-hybridized carbons (Fsp3) is 0.867. The van der Waals surface area contributed by atoms with Crippen LogP contribution in [0.5, 0.6) is 0 Å². The van der Waals surface area contributed by atoms with E-state index in [1.54, 1.807) is 0 Å². The van der Waals surface area contributed by atoms with E-state index in [4.69, 9.17) is 0 Å². The summed E-state index contributed by atoms with van der Waals surface area (Å²) in [7, 11) is 0. The van der Waals surface area contributed by atoms with E-state index in [2.05, 4.69) is 10.6 Å². The van der Waals surface area contributed by atoms with E-state index in [9.17, 15) is 9.59 Å². The van der Waals surface area contributed by atoms with Gasteiger partial charge in [-0.05, 0) is 38.0 Å². The average molecular weight is 279 g/mol. The van der Waals surface area contributed by atoms with Crippen molar-refractivity contribution < 1.29 is 9.59 Å². The minimum atomic E-state index is -0.0884. The predicted molar refractivity (Wildman–Crippen MR) is 76.1 cm³/mol. The zero-order chi connectivity index (χ0) is 13.9.